The molecule has 2 aromatic rings. The van der Waals surface area contributed by atoms with Crippen molar-refractivity contribution in [2.45, 2.75) is 6.54 Å². The molecule has 0 saturated carbocycles. The predicted octanol–water partition coefficient (Wildman–Crippen LogP) is 2.69. The Morgan fingerprint density at radius 3 is 2.59 bits per heavy atom. The number of carbonyl (C=O) groups is 1. The van der Waals surface area contributed by atoms with Crippen LogP contribution in [0.5, 0.6) is 0 Å². The zero-order valence-electron chi connectivity index (χ0n) is 9.04. The van der Waals surface area contributed by atoms with Crippen LogP contribution in [0.15, 0.2) is 42.5 Å². The van der Waals surface area contributed by atoms with Gasteiger partial charge in [0.25, 0.3) is 0 Å². The molecule has 0 atom stereocenters. The minimum absolute atomic E-state index is 0.118. The molecule has 1 aromatic carbocycles. The number of hydrogen-bond donors (Lipinski definition) is 2. The van der Waals surface area contributed by atoms with Crippen molar-refractivity contribution < 1.29 is 10.0 Å². The van der Waals surface area contributed by atoms with Crippen LogP contribution in [-0.2, 0) is 6.54 Å². The van der Waals surface area contributed by atoms with E-state index in [-0.39, 0.29) is 6.54 Å². The number of benzene rings is 1. The van der Waals surface area contributed by atoms with Crippen LogP contribution in [0.4, 0.5) is 4.79 Å². The van der Waals surface area contributed by atoms with Crippen molar-refractivity contribution in [3.8, 4) is 10.4 Å². The lowest BCUT2D eigenvalue weighted by molar-refractivity contribution is -0.0462. The third kappa shape index (κ3) is 2.83. The summed E-state index contributed by atoms with van der Waals surface area (Å²) >= 11 is 1.52. The maximum absolute atomic E-state index is 10.7. The number of rotatable bonds is 3. The lowest BCUT2D eigenvalue weighted by Crippen LogP contribution is -2.31. The Morgan fingerprint density at radius 2 is 1.94 bits per heavy atom. The summed E-state index contributed by atoms with van der Waals surface area (Å²) in [6.07, 6.45) is 0. The molecule has 5 heteroatoms. The topological polar surface area (TPSA) is 66.6 Å². The van der Waals surface area contributed by atoms with Gasteiger partial charge in [0.05, 0.1) is 6.54 Å². The molecule has 2 rings (SSSR count). The number of primary amides is 1. The van der Waals surface area contributed by atoms with Gasteiger partial charge < -0.3 is 5.73 Å². The van der Waals surface area contributed by atoms with E-state index in [1.54, 1.807) is 0 Å². The van der Waals surface area contributed by atoms with Gasteiger partial charge in [-0.05, 0) is 17.7 Å². The van der Waals surface area contributed by atoms with Crippen LogP contribution >= 0.6 is 11.3 Å². The van der Waals surface area contributed by atoms with E-state index in [0.29, 0.717) is 5.06 Å². The fourth-order valence-electron chi connectivity index (χ4n) is 1.45. The van der Waals surface area contributed by atoms with Crippen molar-refractivity contribution in [2.75, 3.05) is 0 Å². The van der Waals surface area contributed by atoms with Crippen LogP contribution in [0.25, 0.3) is 10.4 Å². The second kappa shape index (κ2) is 4.99. The van der Waals surface area contributed by atoms with Crippen LogP contribution in [0.1, 0.15) is 4.88 Å². The molecule has 0 fully saturated rings. The van der Waals surface area contributed by atoms with Gasteiger partial charge in [-0.1, -0.05) is 30.3 Å². The summed E-state index contributed by atoms with van der Waals surface area (Å²) in [6.45, 7) is 0.118. The normalized spacial score (nSPS) is 10.2. The van der Waals surface area contributed by atoms with E-state index in [2.05, 4.69) is 0 Å². The predicted molar refractivity (Wildman–Crippen MR) is 66.7 cm³/mol. The van der Waals surface area contributed by atoms with Gasteiger partial charge in [0.15, 0.2) is 0 Å². The van der Waals surface area contributed by atoms with Gasteiger partial charge in [-0.2, -0.15) is 0 Å². The summed E-state index contributed by atoms with van der Waals surface area (Å²) in [5, 5.41) is 9.73. The maximum atomic E-state index is 10.7. The molecule has 0 spiro atoms. The Hall–Kier alpha value is -1.85. The number of nitrogens with zero attached hydrogens (tertiary/aromatic N) is 1. The van der Waals surface area contributed by atoms with E-state index in [0.717, 1.165) is 15.3 Å². The minimum atomic E-state index is -0.848. The first kappa shape index (κ1) is 11.6. The van der Waals surface area contributed by atoms with Gasteiger partial charge in [0.2, 0.25) is 0 Å². The summed E-state index contributed by atoms with van der Waals surface area (Å²) in [7, 11) is 0. The van der Waals surface area contributed by atoms with Gasteiger partial charge in [-0.3, -0.25) is 5.21 Å². The first-order valence-electron chi connectivity index (χ1n) is 5.07. The van der Waals surface area contributed by atoms with Crippen LogP contribution in [0, 0.1) is 0 Å². The zero-order chi connectivity index (χ0) is 12.3. The maximum Gasteiger partial charge on any atom is 0.338 e. The van der Waals surface area contributed by atoms with Crippen molar-refractivity contribution in [3.63, 3.8) is 0 Å². The molecule has 0 saturated heterocycles. The Bertz CT molecular complexity index is 510. The van der Waals surface area contributed by atoms with Gasteiger partial charge in [0, 0.05) is 9.75 Å². The minimum Gasteiger partial charge on any atom is -0.350 e. The molecular weight excluding hydrogens is 236 g/mol. The van der Waals surface area contributed by atoms with Crippen molar-refractivity contribution in [2.24, 2.45) is 5.73 Å². The number of nitrogens with two attached hydrogens (primary N) is 1. The molecule has 0 aliphatic heterocycles. The van der Waals surface area contributed by atoms with Crippen LogP contribution in [0.2, 0.25) is 0 Å². The first-order valence-corrected chi connectivity index (χ1v) is 5.88. The SMILES string of the molecule is NC(=O)N(O)Cc1ccc(-c2ccccc2)s1. The number of urea groups is 1. The van der Waals surface area contributed by atoms with E-state index < -0.39 is 6.03 Å². The van der Waals surface area contributed by atoms with Crippen molar-refractivity contribution >= 4 is 17.4 Å². The lowest BCUT2D eigenvalue weighted by atomic mass is 10.2. The average molecular weight is 248 g/mol. The van der Waals surface area contributed by atoms with E-state index in [1.807, 2.05) is 42.5 Å². The highest BCUT2D eigenvalue weighted by molar-refractivity contribution is 7.15. The Morgan fingerprint density at radius 1 is 1.24 bits per heavy atom. The fourth-order valence-corrected chi connectivity index (χ4v) is 2.44. The summed E-state index contributed by atoms with van der Waals surface area (Å²) < 4.78 is 0. The Kier molecular flexibility index (Phi) is 3.41. The van der Waals surface area contributed by atoms with Gasteiger partial charge >= 0.3 is 6.03 Å². The molecular formula is C12H12N2O2S. The summed E-state index contributed by atoms with van der Waals surface area (Å²) in [5.74, 6) is 0. The molecule has 3 N–H and O–H groups in total. The molecule has 1 heterocycles. The molecule has 1 aromatic heterocycles. The number of hydrogen-bond acceptors (Lipinski definition) is 3. The second-order valence-corrected chi connectivity index (χ2v) is 4.70. The summed E-state index contributed by atoms with van der Waals surface area (Å²) in [5.41, 5.74) is 6.06. The highest BCUT2D eigenvalue weighted by atomic mass is 32.1. The molecule has 0 aliphatic rings. The van der Waals surface area contributed by atoms with E-state index in [9.17, 15) is 10.0 Å². The van der Waals surface area contributed by atoms with Crippen molar-refractivity contribution in [1.82, 2.24) is 5.06 Å². The number of amides is 2. The average Bonchev–Trinajstić information content (AvgIpc) is 2.78. The highest BCUT2D eigenvalue weighted by Gasteiger charge is 2.09. The van der Waals surface area contributed by atoms with Crippen molar-refractivity contribution in [3.05, 3.63) is 47.3 Å². The van der Waals surface area contributed by atoms with E-state index >= 15 is 0 Å². The number of hydroxylamine groups is 2. The standard InChI is InChI=1S/C12H12N2O2S/c13-12(15)14(16)8-10-6-7-11(17-10)9-4-2-1-3-5-9/h1-7,16H,8H2,(H2,13,15). The third-order valence-corrected chi connectivity index (χ3v) is 3.40. The first-order chi connectivity index (χ1) is 8.16. The van der Waals surface area contributed by atoms with E-state index in [4.69, 9.17) is 5.73 Å². The molecule has 0 unspecified atom stereocenters. The zero-order valence-corrected chi connectivity index (χ0v) is 9.85. The van der Waals surface area contributed by atoms with Crippen LogP contribution in [-0.4, -0.2) is 16.3 Å². The second-order valence-electron chi connectivity index (χ2n) is 3.53. The smallest absolute Gasteiger partial charge is 0.338 e. The van der Waals surface area contributed by atoms with Crippen molar-refractivity contribution in [1.29, 1.82) is 0 Å². The highest BCUT2D eigenvalue weighted by Crippen LogP contribution is 2.28. The quantitative estimate of drug-likeness (QED) is 0.647. The molecule has 0 aliphatic carbocycles. The number of thiophene rings is 1. The third-order valence-electron chi connectivity index (χ3n) is 2.28. The Labute approximate surface area is 103 Å². The largest absolute Gasteiger partial charge is 0.350 e. The van der Waals surface area contributed by atoms with Crippen LogP contribution in [0.3, 0.4) is 0 Å². The van der Waals surface area contributed by atoms with Crippen LogP contribution < -0.4 is 5.73 Å². The van der Waals surface area contributed by atoms with Gasteiger partial charge in [-0.25, -0.2) is 9.86 Å². The molecule has 17 heavy (non-hydrogen) atoms. The molecule has 0 bridgehead atoms. The van der Waals surface area contributed by atoms with E-state index in [1.165, 1.54) is 11.3 Å². The molecule has 88 valence electrons. The summed E-state index contributed by atoms with van der Waals surface area (Å²) in [6, 6.07) is 12.9. The fraction of sp³-hybridized carbons (Fsp3) is 0.0833. The van der Waals surface area contributed by atoms with Gasteiger partial charge in [-0.15, -0.1) is 11.3 Å². The number of carbonyl (C=O) groups excluding carboxylic acids is 1. The molecule has 4 nitrogen and oxygen atoms in total. The molecule has 0 radical (unpaired) electrons. The monoisotopic (exact) mass is 248 g/mol. The lowest BCUT2D eigenvalue weighted by Gasteiger charge is -2.09. The Balaban J connectivity index is 2.14. The summed E-state index contributed by atoms with van der Waals surface area (Å²) in [4.78, 5) is 12.7. The molecule has 2 amide bonds. The van der Waals surface area contributed by atoms with Gasteiger partial charge in [0.1, 0.15) is 0 Å².